The molecule has 90 valence electrons. The maximum Gasteiger partial charge on any atom is 0.0443 e. The van der Waals surface area contributed by atoms with E-state index in [-0.39, 0.29) is 6.04 Å². The van der Waals surface area contributed by atoms with E-state index in [0.29, 0.717) is 12.6 Å². The van der Waals surface area contributed by atoms with Crippen molar-refractivity contribution >= 4 is 0 Å². The maximum atomic E-state index is 8.78. The van der Waals surface area contributed by atoms with Crippen molar-refractivity contribution in [2.75, 3.05) is 39.3 Å². The normalized spacial score (nSPS) is 26.8. The molecule has 0 saturated carbocycles. The molecule has 3 N–H and O–H groups in total. The lowest BCUT2D eigenvalue weighted by molar-refractivity contribution is 0.0758. The topological polar surface area (TPSA) is 52.7 Å². The first-order valence-electron chi connectivity index (χ1n) is 5.96. The molecule has 2 atom stereocenters. The summed E-state index contributed by atoms with van der Waals surface area (Å²) in [6.45, 7) is 9.95. The van der Waals surface area contributed by atoms with Crippen molar-refractivity contribution in [1.29, 1.82) is 0 Å². The van der Waals surface area contributed by atoms with Crippen molar-refractivity contribution in [2.45, 2.75) is 32.4 Å². The SMILES string of the molecule is CC(N)CN1CCN(CCCO)CC1C. The van der Waals surface area contributed by atoms with Gasteiger partial charge in [-0.2, -0.15) is 0 Å². The minimum Gasteiger partial charge on any atom is -0.396 e. The van der Waals surface area contributed by atoms with Gasteiger partial charge in [0.1, 0.15) is 0 Å². The molecule has 4 nitrogen and oxygen atoms in total. The zero-order valence-corrected chi connectivity index (χ0v) is 10.0. The number of aliphatic hydroxyl groups is 1. The molecule has 0 amide bonds. The molecule has 1 aliphatic rings. The Balaban J connectivity index is 2.27. The minimum absolute atomic E-state index is 0.261. The summed E-state index contributed by atoms with van der Waals surface area (Å²) in [5.74, 6) is 0. The highest BCUT2D eigenvalue weighted by molar-refractivity contribution is 4.80. The smallest absolute Gasteiger partial charge is 0.0443 e. The fourth-order valence-electron chi connectivity index (χ4n) is 2.21. The van der Waals surface area contributed by atoms with Crippen molar-refractivity contribution in [3.63, 3.8) is 0 Å². The number of nitrogens with zero attached hydrogens (tertiary/aromatic N) is 2. The number of rotatable bonds is 5. The first-order chi connectivity index (χ1) is 7.13. The molecule has 0 aromatic rings. The summed E-state index contributed by atoms with van der Waals surface area (Å²) in [6.07, 6.45) is 0.889. The fourth-order valence-corrected chi connectivity index (χ4v) is 2.21. The zero-order valence-electron chi connectivity index (χ0n) is 10.0. The Labute approximate surface area is 93.0 Å². The highest BCUT2D eigenvalue weighted by Gasteiger charge is 2.23. The third-order valence-electron chi connectivity index (χ3n) is 3.00. The van der Waals surface area contributed by atoms with E-state index >= 15 is 0 Å². The second kappa shape index (κ2) is 6.43. The van der Waals surface area contributed by atoms with E-state index in [1.54, 1.807) is 0 Å². The van der Waals surface area contributed by atoms with Gasteiger partial charge < -0.3 is 15.7 Å². The van der Waals surface area contributed by atoms with Gasteiger partial charge >= 0.3 is 0 Å². The molecule has 1 aliphatic heterocycles. The second-order valence-electron chi connectivity index (χ2n) is 4.70. The van der Waals surface area contributed by atoms with E-state index in [1.807, 2.05) is 0 Å². The van der Waals surface area contributed by atoms with Gasteiger partial charge in [-0.15, -0.1) is 0 Å². The molecular formula is C11H25N3O. The van der Waals surface area contributed by atoms with Gasteiger partial charge in [0.15, 0.2) is 0 Å². The Morgan fingerprint density at radius 3 is 2.73 bits per heavy atom. The molecule has 0 aromatic carbocycles. The molecule has 0 aliphatic carbocycles. The first-order valence-corrected chi connectivity index (χ1v) is 5.96. The van der Waals surface area contributed by atoms with Crippen molar-refractivity contribution in [2.24, 2.45) is 5.73 Å². The maximum absolute atomic E-state index is 8.78. The molecular weight excluding hydrogens is 190 g/mol. The standard InChI is InChI=1S/C11H25N3O/c1-10(12)8-14-6-5-13(4-3-7-15)9-11(14)2/h10-11,15H,3-9,12H2,1-2H3. The van der Waals surface area contributed by atoms with Crippen LogP contribution >= 0.6 is 0 Å². The van der Waals surface area contributed by atoms with Crippen LogP contribution in [0.25, 0.3) is 0 Å². The average Bonchev–Trinajstić information content (AvgIpc) is 2.18. The minimum atomic E-state index is 0.261. The van der Waals surface area contributed by atoms with Crippen LogP contribution in [0.2, 0.25) is 0 Å². The third kappa shape index (κ3) is 4.47. The van der Waals surface area contributed by atoms with E-state index in [2.05, 4.69) is 23.6 Å². The van der Waals surface area contributed by atoms with E-state index < -0.39 is 0 Å². The number of hydrogen-bond donors (Lipinski definition) is 2. The Morgan fingerprint density at radius 1 is 1.47 bits per heavy atom. The predicted molar refractivity (Wildman–Crippen MR) is 62.8 cm³/mol. The fraction of sp³-hybridized carbons (Fsp3) is 1.00. The number of nitrogens with two attached hydrogens (primary N) is 1. The van der Waals surface area contributed by atoms with E-state index in [9.17, 15) is 0 Å². The number of piperazine rings is 1. The highest BCUT2D eigenvalue weighted by atomic mass is 16.3. The molecule has 1 heterocycles. The van der Waals surface area contributed by atoms with E-state index in [1.165, 1.54) is 0 Å². The lowest BCUT2D eigenvalue weighted by Crippen LogP contribution is -2.54. The Kier molecular flexibility index (Phi) is 5.53. The zero-order chi connectivity index (χ0) is 11.3. The van der Waals surface area contributed by atoms with Crippen LogP contribution in [0.5, 0.6) is 0 Å². The molecule has 1 rings (SSSR count). The lowest BCUT2D eigenvalue weighted by atomic mass is 10.1. The van der Waals surface area contributed by atoms with Gasteiger partial charge in [0.2, 0.25) is 0 Å². The molecule has 0 radical (unpaired) electrons. The Morgan fingerprint density at radius 2 is 2.20 bits per heavy atom. The van der Waals surface area contributed by atoms with Crippen molar-refractivity contribution in [3.05, 3.63) is 0 Å². The van der Waals surface area contributed by atoms with Crippen LogP contribution in [0, 0.1) is 0 Å². The highest BCUT2D eigenvalue weighted by Crippen LogP contribution is 2.09. The molecule has 0 spiro atoms. The van der Waals surface area contributed by atoms with Crippen LogP contribution in [-0.2, 0) is 0 Å². The molecule has 15 heavy (non-hydrogen) atoms. The summed E-state index contributed by atoms with van der Waals surface area (Å²) >= 11 is 0. The summed E-state index contributed by atoms with van der Waals surface area (Å²) in [5.41, 5.74) is 5.81. The van der Waals surface area contributed by atoms with Crippen molar-refractivity contribution in [3.8, 4) is 0 Å². The van der Waals surface area contributed by atoms with Crippen LogP contribution in [0.3, 0.4) is 0 Å². The lowest BCUT2D eigenvalue weighted by Gasteiger charge is -2.40. The van der Waals surface area contributed by atoms with E-state index in [4.69, 9.17) is 10.8 Å². The van der Waals surface area contributed by atoms with Gasteiger partial charge in [-0.25, -0.2) is 0 Å². The van der Waals surface area contributed by atoms with Gasteiger partial charge in [0, 0.05) is 51.4 Å². The monoisotopic (exact) mass is 215 g/mol. The van der Waals surface area contributed by atoms with Crippen molar-refractivity contribution in [1.82, 2.24) is 9.80 Å². The van der Waals surface area contributed by atoms with Gasteiger partial charge in [0.25, 0.3) is 0 Å². The van der Waals surface area contributed by atoms with Crippen LogP contribution in [0.4, 0.5) is 0 Å². The molecule has 1 saturated heterocycles. The van der Waals surface area contributed by atoms with Gasteiger partial charge in [-0.1, -0.05) is 0 Å². The van der Waals surface area contributed by atoms with Crippen LogP contribution in [-0.4, -0.2) is 66.3 Å². The van der Waals surface area contributed by atoms with Crippen LogP contribution in [0.1, 0.15) is 20.3 Å². The molecule has 0 aromatic heterocycles. The Hall–Kier alpha value is -0.160. The first kappa shape index (κ1) is 12.9. The van der Waals surface area contributed by atoms with Crippen LogP contribution in [0.15, 0.2) is 0 Å². The number of aliphatic hydroxyl groups excluding tert-OH is 1. The summed E-state index contributed by atoms with van der Waals surface area (Å²) in [5, 5.41) is 8.78. The quantitative estimate of drug-likeness (QED) is 0.662. The van der Waals surface area contributed by atoms with Gasteiger partial charge in [-0.3, -0.25) is 4.90 Å². The largest absolute Gasteiger partial charge is 0.396 e. The second-order valence-corrected chi connectivity index (χ2v) is 4.70. The molecule has 4 heteroatoms. The van der Waals surface area contributed by atoms with Crippen molar-refractivity contribution < 1.29 is 5.11 Å². The third-order valence-corrected chi connectivity index (χ3v) is 3.00. The summed E-state index contributed by atoms with van der Waals surface area (Å²) in [4.78, 5) is 4.89. The molecule has 1 fully saturated rings. The van der Waals surface area contributed by atoms with E-state index in [0.717, 1.165) is 39.1 Å². The van der Waals surface area contributed by atoms with Crippen LogP contribution < -0.4 is 5.73 Å². The summed E-state index contributed by atoms with van der Waals surface area (Å²) in [7, 11) is 0. The number of hydrogen-bond acceptors (Lipinski definition) is 4. The predicted octanol–water partition coefficient (Wildman–Crippen LogP) is -0.278. The van der Waals surface area contributed by atoms with Gasteiger partial charge in [0.05, 0.1) is 0 Å². The average molecular weight is 215 g/mol. The summed E-state index contributed by atoms with van der Waals surface area (Å²) in [6, 6.07) is 0.847. The molecule has 0 bridgehead atoms. The Bertz CT molecular complexity index is 175. The summed E-state index contributed by atoms with van der Waals surface area (Å²) < 4.78 is 0. The molecule has 2 unspecified atom stereocenters. The van der Waals surface area contributed by atoms with Gasteiger partial charge in [-0.05, 0) is 20.3 Å².